The molecule has 3 rings (SSSR count). The van der Waals surface area contributed by atoms with Crippen molar-refractivity contribution in [2.75, 3.05) is 47.0 Å². The summed E-state index contributed by atoms with van der Waals surface area (Å²) in [5.74, 6) is 1.22. The number of carbonyl (C=O) groups excluding carboxylic acids is 1. The van der Waals surface area contributed by atoms with Crippen LogP contribution in [-0.2, 0) is 16.1 Å². The highest BCUT2D eigenvalue weighted by molar-refractivity contribution is 5.85. The minimum Gasteiger partial charge on any atom is -0.497 e. The lowest BCUT2D eigenvalue weighted by atomic mass is 9.78. The summed E-state index contributed by atoms with van der Waals surface area (Å²) in [6.45, 7) is 5.06. The molecule has 0 bridgehead atoms. The average molecular weight is 332 g/mol. The molecule has 1 aromatic rings. The van der Waals surface area contributed by atoms with E-state index in [1.807, 2.05) is 17.0 Å². The Morgan fingerprint density at radius 2 is 1.92 bits per heavy atom. The number of nitrogens with zero attached hydrogens (tertiary/aromatic N) is 2. The van der Waals surface area contributed by atoms with Crippen molar-refractivity contribution in [3.63, 3.8) is 0 Å². The van der Waals surface area contributed by atoms with E-state index in [1.54, 1.807) is 14.2 Å². The summed E-state index contributed by atoms with van der Waals surface area (Å²) < 4.78 is 10.4. The van der Waals surface area contributed by atoms with Crippen LogP contribution in [0.4, 0.5) is 0 Å². The van der Waals surface area contributed by atoms with Gasteiger partial charge in [-0.25, -0.2) is 0 Å². The number of amides is 1. The fourth-order valence-corrected chi connectivity index (χ4v) is 4.04. The molecule has 2 aliphatic heterocycles. The second-order valence-corrected chi connectivity index (χ2v) is 6.98. The van der Waals surface area contributed by atoms with Gasteiger partial charge in [0.2, 0.25) is 5.91 Å². The van der Waals surface area contributed by atoms with Gasteiger partial charge in [-0.05, 0) is 43.5 Å². The Hall–Kier alpha value is -1.59. The Morgan fingerprint density at radius 1 is 1.12 bits per heavy atom. The van der Waals surface area contributed by atoms with Gasteiger partial charge in [0.05, 0.1) is 19.1 Å². The summed E-state index contributed by atoms with van der Waals surface area (Å²) in [6, 6.07) is 8.23. The van der Waals surface area contributed by atoms with Crippen molar-refractivity contribution in [2.24, 2.45) is 5.41 Å². The average Bonchev–Trinajstić information content (AvgIpc) is 2.90. The van der Waals surface area contributed by atoms with E-state index in [0.29, 0.717) is 12.5 Å². The summed E-state index contributed by atoms with van der Waals surface area (Å²) in [5.41, 5.74) is 1.10. The van der Waals surface area contributed by atoms with E-state index in [1.165, 1.54) is 5.56 Å². The molecule has 24 heavy (non-hydrogen) atoms. The molecule has 132 valence electrons. The number of hydrogen-bond acceptors (Lipinski definition) is 4. The van der Waals surface area contributed by atoms with Gasteiger partial charge >= 0.3 is 0 Å². The Balaban J connectivity index is 1.62. The Morgan fingerprint density at radius 3 is 2.62 bits per heavy atom. The van der Waals surface area contributed by atoms with Gasteiger partial charge in [0, 0.05) is 33.3 Å². The first-order valence-corrected chi connectivity index (χ1v) is 8.80. The van der Waals surface area contributed by atoms with E-state index in [4.69, 9.17) is 9.47 Å². The number of hydrogen-bond donors (Lipinski definition) is 0. The van der Waals surface area contributed by atoms with Crippen molar-refractivity contribution in [1.29, 1.82) is 0 Å². The number of piperidine rings is 1. The maximum Gasteiger partial charge on any atom is 0.230 e. The predicted octanol–water partition coefficient (Wildman–Crippen LogP) is 2.16. The Labute approximate surface area is 144 Å². The van der Waals surface area contributed by atoms with E-state index >= 15 is 0 Å². The van der Waals surface area contributed by atoms with Crippen molar-refractivity contribution in [2.45, 2.75) is 25.8 Å². The van der Waals surface area contributed by atoms with Crippen molar-refractivity contribution in [3.05, 3.63) is 29.8 Å². The molecule has 1 unspecified atom stereocenters. The number of methoxy groups -OCH3 is 2. The van der Waals surface area contributed by atoms with Gasteiger partial charge in [-0.1, -0.05) is 12.1 Å². The molecule has 1 aromatic carbocycles. The van der Waals surface area contributed by atoms with E-state index in [0.717, 1.165) is 57.7 Å². The zero-order valence-electron chi connectivity index (χ0n) is 14.8. The summed E-state index contributed by atoms with van der Waals surface area (Å²) in [6.07, 6.45) is 3.10. The maximum absolute atomic E-state index is 12.9. The summed E-state index contributed by atoms with van der Waals surface area (Å²) in [5, 5.41) is 0. The largest absolute Gasteiger partial charge is 0.497 e. The molecule has 2 fully saturated rings. The van der Waals surface area contributed by atoms with Gasteiger partial charge in [-0.3, -0.25) is 9.69 Å². The topological polar surface area (TPSA) is 42.0 Å². The molecule has 5 nitrogen and oxygen atoms in total. The molecule has 0 aromatic heterocycles. The number of carbonyl (C=O) groups is 1. The fraction of sp³-hybridized carbons (Fsp3) is 0.632. The Bertz CT molecular complexity index is 560. The van der Waals surface area contributed by atoms with Crippen LogP contribution in [0.2, 0.25) is 0 Å². The SMILES string of the molecule is COCCN1CCC2(CCCN(Cc3ccc(OC)cc3)C2)C1=O. The van der Waals surface area contributed by atoms with E-state index in [-0.39, 0.29) is 5.41 Å². The normalized spacial score (nSPS) is 24.8. The van der Waals surface area contributed by atoms with Gasteiger partial charge < -0.3 is 14.4 Å². The molecular weight excluding hydrogens is 304 g/mol. The second kappa shape index (κ2) is 7.53. The quantitative estimate of drug-likeness (QED) is 0.800. The Kier molecular flexibility index (Phi) is 5.41. The lowest BCUT2D eigenvalue weighted by molar-refractivity contribution is -0.139. The third-order valence-corrected chi connectivity index (χ3v) is 5.39. The first kappa shape index (κ1) is 17.2. The van der Waals surface area contributed by atoms with Gasteiger partial charge in [-0.15, -0.1) is 0 Å². The van der Waals surface area contributed by atoms with Gasteiger partial charge in [0.15, 0.2) is 0 Å². The number of ether oxygens (including phenoxy) is 2. The van der Waals surface area contributed by atoms with Crippen LogP contribution in [0, 0.1) is 5.41 Å². The molecule has 0 aliphatic carbocycles. The van der Waals surface area contributed by atoms with E-state index < -0.39 is 0 Å². The highest BCUT2D eigenvalue weighted by Crippen LogP contribution is 2.40. The maximum atomic E-state index is 12.9. The van der Waals surface area contributed by atoms with E-state index in [9.17, 15) is 4.79 Å². The van der Waals surface area contributed by atoms with Crippen LogP contribution in [0.1, 0.15) is 24.8 Å². The molecular formula is C19H28N2O3. The summed E-state index contributed by atoms with van der Waals surface area (Å²) >= 11 is 0. The predicted molar refractivity (Wildman–Crippen MR) is 93.0 cm³/mol. The number of rotatable bonds is 6. The first-order chi connectivity index (χ1) is 11.7. The number of benzene rings is 1. The molecule has 2 heterocycles. The van der Waals surface area contributed by atoms with Crippen LogP contribution in [0.25, 0.3) is 0 Å². The molecule has 5 heteroatoms. The smallest absolute Gasteiger partial charge is 0.230 e. The van der Waals surface area contributed by atoms with Gasteiger partial charge in [-0.2, -0.15) is 0 Å². The highest BCUT2D eigenvalue weighted by Gasteiger charge is 2.48. The van der Waals surface area contributed by atoms with Crippen LogP contribution in [0.5, 0.6) is 5.75 Å². The molecule has 0 saturated carbocycles. The van der Waals surface area contributed by atoms with Crippen LogP contribution in [0.15, 0.2) is 24.3 Å². The zero-order chi connectivity index (χ0) is 17.0. The minimum atomic E-state index is -0.168. The summed E-state index contributed by atoms with van der Waals surface area (Å²) in [4.78, 5) is 17.3. The van der Waals surface area contributed by atoms with Crippen molar-refractivity contribution in [3.8, 4) is 5.75 Å². The third-order valence-electron chi connectivity index (χ3n) is 5.39. The summed E-state index contributed by atoms with van der Waals surface area (Å²) in [7, 11) is 3.37. The zero-order valence-corrected chi connectivity index (χ0v) is 14.8. The van der Waals surface area contributed by atoms with Crippen molar-refractivity contribution in [1.82, 2.24) is 9.80 Å². The molecule has 1 amide bonds. The van der Waals surface area contributed by atoms with Gasteiger partial charge in [0.25, 0.3) is 0 Å². The highest BCUT2D eigenvalue weighted by atomic mass is 16.5. The van der Waals surface area contributed by atoms with Crippen LogP contribution >= 0.6 is 0 Å². The van der Waals surface area contributed by atoms with Gasteiger partial charge in [0.1, 0.15) is 5.75 Å². The molecule has 0 radical (unpaired) electrons. The lowest BCUT2D eigenvalue weighted by Crippen LogP contribution is -2.47. The minimum absolute atomic E-state index is 0.168. The third kappa shape index (κ3) is 3.57. The number of likely N-dealkylation sites (tertiary alicyclic amines) is 2. The van der Waals surface area contributed by atoms with Crippen LogP contribution in [-0.4, -0.2) is 62.7 Å². The monoisotopic (exact) mass is 332 g/mol. The van der Waals surface area contributed by atoms with E-state index in [2.05, 4.69) is 17.0 Å². The molecule has 2 aliphatic rings. The molecule has 1 atom stereocenters. The van der Waals surface area contributed by atoms with Crippen LogP contribution in [0.3, 0.4) is 0 Å². The van der Waals surface area contributed by atoms with Crippen molar-refractivity contribution < 1.29 is 14.3 Å². The first-order valence-electron chi connectivity index (χ1n) is 8.80. The fourth-order valence-electron chi connectivity index (χ4n) is 4.04. The lowest BCUT2D eigenvalue weighted by Gasteiger charge is -2.39. The second-order valence-electron chi connectivity index (χ2n) is 6.98. The van der Waals surface area contributed by atoms with Crippen LogP contribution < -0.4 is 4.74 Å². The molecule has 0 N–H and O–H groups in total. The molecule has 2 saturated heterocycles. The standard InChI is InChI=1S/C19H28N2O3/c1-23-13-12-21-11-9-19(18(21)22)8-3-10-20(15-19)14-16-4-6-17(24-2)7-5-16/h4-7H,3,8-15H2,1-2H3. The van der Waals surface area contributed by atoms with Crippen molar-refractivity contribution >= 4 is 5.91 Å². The molecule has 1 spiro atoms.